The Hall–Kier alpha value is -3.11. The molecule has 0 spiro atoms. The van der Waals surface area contributed by atoms with Crippen LogP contribution in [0.3, 0.4) is 0 Å². The van der Waals surface area contributed by atoms with Gasteiger partial charge in [0, 0.05) is 16.1 Å². The number of benzene rings is 3. The van der Waals surface area contributed by atoms with Crippen LogP contribution in [0.1, 0.15) is 27.0 Å². The Morgan fingerprint density at radius 2 is 1.74 bits per heavy atom. The van der Waals surface area contributed by atoms with E-state index in [9.17, 15) is 4.79 Å². The summed E-state index contributed by atoms with van der Waals surface area (Å²) in [6.45, 7) is 2.51. The van der Waals surface area contributed by atoms with Crippen molar-refractivity contribution in [2.24, 2.45) is 5.10 Å². The van der Waals surface area contributed by atoms with Crippen LogP contribution in [0.25, 0.3) is 0 Å². The van der Waals surface area contributed by atoms with Crippen molar-refractivity contribution in [3.05, 3.63) is 100 Å². The van der Waals surface area contributed by atoms with Crippen LogP contribution in [0.5, 0.6) is 5.75 Å². The van der Waals surface area contributed by atoms with Gasteiger partial charge in [-0.15, -0.1) is 0 Å². The summed E-state index contributed by atoms with van der Waals surface area (Å²) in [5.74, 6) is 0.392. The van der Waals surface area contributed by atoms with E-state index in [0.717, 1.165) is 11.1 Å². The van der Waals surface area contributed by atoms with Crippen LogP contribution >= 0.6 is 11.6 Å². The van der Waals surface area contributed by atoms with Crippen molar-refractivity contribution in [2.45, 2.75) is 13.5 Å². The van der Waals surface area contributed by atoms with E-state index < -0.39 is 0 Å². The monoisotopic (exact) mass is 378 g/mol. The zero-order chi connectivity index (χ0) is 19.1. The highest BCUT2D eigenvalue weighted by molar-refractivity contribution is 6.30. The molecule has 0 aliphatic carbocycles. The molecule has 0 saturated carbocycles. The Kier molecular flexibility index (Phi) is 6.23. The maximum Gasteiger partial charge on any atom is 0.271 e. The van der Waals surface area contributed by atoms with Gasteiger partial charge in [0.2, 0.25) is 0 Å². The Balaban J connectivity index is 1.62. The van der Waals surface area contributed by atoms with Crippen LogP contribution in [0.2, 0.25) is 5.02 Å². The topological polar surface area (TPSA) is 50.7 Å². The van der Waals surface area contributed by atoms with E-state index in [4.69, 9.17) is 16.3 Å². The predicted octanol–water partition coefficient (Wildman–Crippen LogP) is 4.99. The number of aryl methyl sites for hydroxylation is 1. The molecule has 0 radical (unpaired) electrons. The van der Waals surface area contributed by atoms with Crippen LogP contribution < -0.4 is 10.2 Å². The maximum atomic E-state index is 12.1. The zero-order valence-electron chi connectivity index (χ0n) is 14.9. The van der Waals surface area contributed by atoms with Crippen LogP contribution in [0.4, 0.5) is 0 Å². The number of halogens is 1. The van der Waals surface area contributed by atoms with Gasteiger partial charge in [-0.1, -0.05) is 53.6 Å². The Morgan fingerprint density at radius 1 is 1.04 bits per heavy atom. The number of para-hydroxylation sites is 1. The molecule has 0 heterocycles. The summed E-state index contributed by atoms with van der Waals surface area (Å²) >= 11 is 5.82. The van der Waals surface area contributed by atoms with Crippen LogP contribution in [-0.2, 0) is 6.61 Å². The molecule has 0 aliphatic rings. The summed E-state index contributed by atoms with van der Waals surface area (Å²) in [6, 6.07) is 22.3. The maximum absolute atomic E-state index is 12.1. The quantitative estimate of drug-likeness (QED) is 0.485. The minimum Gasteiger partial charge on any atom is -0.488 e. The van der Waals surface area contributed by atoms with Gasteiger partial charge in [-0.2, -0.15) is 5.10 Å². The lowest BCUT2D eigenvalue weighted by Crippen LogP contribution is -2.17. The second-order valence-electron chi connectivity index (χ2n) is 6.02. The summed E-state index contributed by atoms with van der Waals surface area (Å²) in [5, 5.41) is 4.61. The van der Waals surface area contributed by atoms with Crippen LogP contribution in [0.15, 0.2) is 77.9 Å². The van der Waals surface area contributed by atoms with Gasteiger partial charge < -0.3 is 4.74 Å². The summed E-state index contributed by atoms with van der Waals surface area (Å²) in [4.78, 5) is 12.1. The van der Waals surface area contributed by atoms with Crippen LogP contribution in [-0.4, -0.2) is 12.1 Å². The highest BCUT2D eigenvalue weighted by Crippen LogP contribution is 2.18. The smallest absolute Gasteiger partial charge is 0.271 e. The van der Waals surface area contributed by atoms with Gasteiger partial charge >= 0.3 is 0 Å². The van der Waals surface area contributed by atoms with Gasteiger partial charge in [0.25, 0.3) is 5.91 Å². The van der Waals surface area contributed by atoms with E-state index in [0.29, 0.717) is 22.9 Å². The lowest BCUT2D eigenvalue weighted by molar-refractivity contribution is 0.0955. The van der Waals surface area contributed by atoms with Crippen molar-refractivity contribution in [3.63, 3.8) is 0 Å². The molecule has 1 amide bonds. The molecule has 0 saturated heterocycles. The predicted molar refractivity (Wildman–Crippen MR) is 108 cm³/mol. The van der Waals surface area contributed by atoms with Gasteiger partial charge in [-0.05, 0) is 48.9 Å². The zero-order valence-corrected chi connectivity index (χ0v) is 15.6. The van der Waals surface area contributed by atoms with E-state index in [1.165, 1.54) is 5.56 Å². The van der Waals surface area contributed by atoms with Gasteiger partial charge in [-0.25, -0.2) is 5.43 Å². The van der Waals surface area contributed by atoms with Crippen molar-refractivity contribution in [3.8, 4) is 5.75 Å². The molecule has 136 valence electrons. The number of carbonyl (C=O) groups excluding carboxylic acids is 1. The molecule has 0 unspecified atom stereocenters. The number of hydrogen-bond acceptors (Lipinski definition) is 3. The van der Waals surface area contributed by atoms with E-state index >= 15 is 0 Å². The molecule has 0 aliphatic heterocycles. The molecule has 5 heteroatoms. The number of rotatable bonds is 6. The molecule has 0 aromatic heterocycles. The summed E-state index contributed by atoms with van der Waals surface area (Å²) in [5.41, 5.74) is 6.07. The molecule has 4 nitrogen and oxygen atoms in total. The van der Waals surface area contributed by atoms with Crippen molar-refractivity contribution in [1.29, 1.82) is 0 Å². The molecule has 0 atom stereocenters. The molecule has 27 heavy (non-hydrogen) atoms. The Bertz CT molecular complexity index is 935. The number of amides is 1. The minimum atomic E-state index is -0.305. The van der Waals surface area contributed by atoms with E-state index in [2.05, 4.69) is 29.6 Å². The molecule has 1 N–H and O–H groups in total. The first kappa shape index (κ1) is 18.7. The van der Waals surface area contributed by atoms with Gasteiger partial charge in [0.1, 0.15) is 12.4 Å². The number of nitrogens with zero attached hydrogens (tertiary/aromatic N) is 1. The molecule has 0 fully saturated rings. The molecule has 0 bridgehead atoms. The third-order valence-corrected chi connectivity index (χ3v) is 4.16. The number of hydrazone groups is 1. The molecular formula is C22H19ClN2O2. The number of ether oxygens (including phenoxy) is 1. The van der Waals surface area contributed by atoms with E-state index in [1.54, 1.807) is 30.5 Å². The fourth-order valence-corrected chi connectivity index (χ4v) is 2.52. The average molecular weight is 379 g/mol. The molecule has 3 rings (SSSR count). The number of nitrogens with one attached hydrogen (secondary N) is 1. The Labute approximate surface area is 163 Å². The largest absolute Gasteiger partial charge is 0.488 e. The highest BCUT2D eigenvalue weighted by atomic mass is 35.5. The first-order valence-electron chi connectivity index (χ1n) is 8.48. The van der Waals surface area contributed by atoms with Gasteiger partial charge in [0.05, 0.1) is 6.21 Å². The average Bonchev–Trinajstić information content (AvgIpc) is 2.69. The van der Waals surface area contributed by atoms with E-state index in [1.807, 2.05) is 36.4 Å². The second-order valence-corrected chi connectivity index (χ2v) is 6.45. The first-order chi connectivity index (χ1) is 13.1. The third-order valence-electron chi connectivity index (χ3n) is 3.91. The molecule has 3 aromatic rings. The summed E-state index contributed by atoms with van der Waals surface area (Å²) in [7, 11) is 0. The van der Waals surface area contributed by atoms with Crippen molar-refractivity contribution < 1.29 is 9.53 Å². The lowest BCUT2D eigenvalue weighted by atomic mass is 10.1. The fourth-order valence-electron chi connectivity index (χ4n) is 2.39. The summed E-state index contributed by atoms with van der Waals surface area (Å²) < 4.78 is 5.90. The first-order valence-corrected chi connectivity index (χ1v) is 8.86. The third kappa shape index (κ3) is 5.43. The fraction of sp³-hybridized carbons (Fsp3) is 0.0909. The SMILES string of the molecule is Cc1ccc(COc2ccccc2/C=N/NC(=O)c2ccc(Cl)cc2)cc1. The number of hydrogen-bond donors (Lipinski definition) is 1. The van der Waals surface area contributed by atoms with Crippen molar-refractivity contribution in [2.75, 3.05) is 0 Å². The molecule has 3 aromatic carbocycles. The second kappa shape index (κ2) is 9.01. The molecular weight excluding hydrogens is 360 g/mol. The summed E-state index contributed by atoms with van der Waals surface area (Å²) in [6.07, 6.45) is 1.57. The van der Waals surface area contributed by atoms with Gasteiger partial charge in [0.15, 0.2) is 0 Å². The standard InChI is InChI=1S/C22H19ClN2O2/c1-16-6-8-17(9-7-16)15-27-21-5-3-2-4-19(21)14-24-25-22(26)18-10-12-20(23)13-11-18/h2-14H,15H2,1H3,(H,25,26)/b24-14+. The lowest BCUT2D eigenvalue weighted by Gasteiger charge is -2.09. The Morgan fingerprint density at radius 3 is 2.48 bits per heavy atom. The minimum absolute atomic E-state index is 0.305. The number of carbonyl (C=O) groups is 1. The highest BCUT2D eigenvalue weighted by Gasteiger charge is 2.04. The van der Waals surface area contributed by atoms with E-state index in [-0.39, 0.29) is 5.91 Å². The van der Waals surface area contributed by atoms with Gasteiger partial charge in [-0.3, -0.25) is 4.79 Å². The van der Waals surface area contributed by atoms with Crippen molar-refractivity contribution in [1.82, 2.24) is 5.43 Å². The van der Waals surface area contributed by atoms with Crippen molar-refractivity contribution >= 4 is 23.7 Å². The van der Waals surface area contributed by atoms with Crippen LogP contribution in [0, 0.1) is 6.92 Å². The normalized spacial score (nSPS) is 10.7.